The van der Waals surface area contributed by atoms with E-state index in [1.807, 2.05) is 0 Å². The lowest BCUT2D eigenvalue weighted by Gasteiger charge is -2.38. The van der Waals surface area contributed by atoms with Crippen LogP contribution < -0.4 is 0 Å². The molecule has 2 heterocycles. The van der Waals surface area contributed by atoms with Crippen LogP contribution in [0.4, 0.5) is 0 Å². The van der Waals surface area contributed by atoms with Gasteiger partial charge >= 0.3 is 0 Å². The number of rotatable bonds is 3. The number of carbonyl (C=O) groups excluding carboxylic acids is 1. The minimum absolute atomic E-state index is 0.261. The van der Waals surface area contributed by atoms with Gasteiger partial charge in [-0.1, -0.05) is 19.3 Å². The van der Waals surface area contributed by atoms with Crippen molar-refractivity contribution in [3.8, 4) is 0 Å². The molecule has 120 valence electrons. The topological polar surface area (TPSA) is 32.8 Å². The van der Waals surface area contributed by atoms with Crippen LogP contribution in [0.3, 0.4) is 0 Å². The summed E-state index contributed by atoms with van der Waals surface area (Å²) in [6.45, 7) is 5.66. The number of amides is 1. The summed E-state index contributed by atoms with van der Waals surface area (Å²) in [5, 5.41) is 0. The van der Waals surface area contributed by atoms with Crippen molar-refractivity contribution < 1.29 is 9.53 Å². The van der Waals surface area contributed by atoms with Gasteiger partial charge in [-0.25, -0.2) is 0 Å². The standard InChI is InChI=1S/C17H30N2O2/c1-14(20)19(16-8-11-21-12-9-16)17-7-10-18(13-17)15-5-3-2-4-6-15/h15-17H,2-13H2,1H3. The maximum Gasteiger partial charge on any atom is 0.219 e. The summed E-state index contributed by atoms with van der Waals surface area (Å²) in [6, 6.07) is 1.63. The highest BCUT2D eigenvalue weighted by molar-refractivity contribution is 5.74. The summed E-state index contributed by atoms with van der Waals surface area (Å²) in [6.07, 6.45) is 10.1. The van der Waals surface area contributed by atoms with Gasteiger partial charge in [0.1, 0.15) is 0 Å². The monoisotopic (exact) mass is 294 g/mol. The van der Waals surface area contributed by atoms with Gasteiger partial charge in [-0.2, -0.15) is 0 Å². The average molecular weight is 294 g/mol. The highest BCUT2D eigenvalue weighted by atomic mass is 16.5. The fourth-order valence-electron chi connectivity index (χ4n) is 4.55. The van der Waals surface area contributed by atoms with E-state index in [9.17, 15) is 4.79 Å². The van der Waals surface area contributed by atoms with Crippen molar-refractivity contribution in [2.24, 2.45) is 0 Å². The highest BCUT2D eigenvalue weighted by Crippen LogP contribution is 2.29. The van der Waals surface area contributed by atoms with Crippen LogP contribution in [0.25, 0.3) is 0 Å². The first kappa shape index (κ1) is 15.3. The molecule has 21 heavy (non-hydrogen) atoms. The molecule has 0 aromatic heterocycles. The van der Waals surface area contributed by atoms with Gasteiger partial charge in [-0.3, -0.25) is 9.69 Å². The molecule has 2 aliphatic heterocycles. The maximum absolute atomic E-state index is 12.2. The van der Waals surface area contributed by atoms with Gasteiger partial charge in [0.15, 0.2) is 0 Å². The van der Waals surface area contributed by atoms with Crippen LogP contribution in [-0.4, -0.2) is 60.1 Å². The van der Waals surface area contributed by atoms with Crippen LogP contribution in [0.2, 0.25) is 0 Å². The highest BCUT2D eigenvalue weighted by Gasteiger charge is 2.36. The normalized spacial score (nSPS) is 29.7. The van der Waals surface area contributed by atoms with E-state index >= 15 is 0 Å². The van der Waals surface area contributed by atoms with Gasteiger partial charge in [0.2, 0.25) is 5.91 Å². The summed E-state index contributed by atoms with van der Waals surface area (Å²) >= 11 is 0. The number of hydrogen-bond donors (Lipinski definition) is 0. The Labute approximate surface area is 128 Å². The number of carbonyl (C=O) groups is 1. The molecule has 1 unspecified atom stereocenters. The molecule has 2 saturated heterocycles. The van der Waals surface area contributed by atoms with Crippen molar-refractivity contribution in [3.05, 3.63) is 0 Å². The Balaban J connectivity index is 1.60. The van der Waals surface area contributed by atoms with Crippen LogP contribution in [0.5, 0.6) is 0 Å². The number of ether oxygens (including phenoxy) is 1. The second kappa shape index (κ2) is 7.10. The molecule has 1 amide bonds. The smallest absolute Gasteiger partial charge is 0.219 e. The van der Waals surface area contributed by atoms with Gasteiger partial charge in [0.25, 0.3) is 0 Å². The summed E-state index contributed by atoms with van der Waals surface area (Å²) in [5.74, 6) is 0.261. The third kappa shape index (κ3) is 3.59. The van der Waals surface area contributed by atoms with Gasteiger partial charge in [-0.05, 0) is 32.1 Å². The third-order valence-corrected chi connectivity index (χ3v) is 5.63. The minimum atomic E-state index is 0.261. The maximum atomic E-state index is 12.2. The zero-order chi connectivity index (χ0) is 14.7. The van der Waals surface area contributed by atoms with Crippen molar-refractivity contribution in [2.45, 2.75) is 76.4 Å². The molecule has 0 bridgehead atoms. The molecule has 0 aromatic carbocycles. The Bertz CT molecular complexity index is 349. The van der Waals surface area contributed by atoms with Crippen LogP contribution in [0.15, 0.2) is 0 Å². The predicted octanol–water partition coefficient (Wildman–Crippen LogP) is 2.42. The van der Waals surface area contributed by atoms with Crippen molar-refractivity contribution in [1.82, 2.24) is 9.80 Å². The van der Waals surface area contributed by atoms with E-state index in [0.29, 0.717) is 12.1 Å². The van der Waals surface area contributed by atoms with Gasteiger partial charge in [-0.15, -0.1) is 0 Å². The number of likely N-dealkylation sites (tertiary alicyclic amines) is 1. The Morgan fingerprint density at radius 2 is 1.71 bits per heavy atom. The van der Waals surface area contributed by atoms with Crippen LogP contribution >= 0.6 is 0 Å². The molecule has 4 heteroatoms. The first-order chi connectivity index (χ1) is 10.3. The summed E-state index contributed by atoms with van der Waals surface area (Å²) in [5.41, 5.74) is 0. The fourth-order valence-corrected chi connectivity index (χ4v) is 4.55. The lowest BCUT2D eigenvalue weighted by Crippen LogP contribution is -2.50. The number of nitrogens with zero attached hydrogens (tertiary/aromatic N) is 2. The molecule has 1 aliphatic carbocycles. The summed E-state index contributed by atoms with van der Waals surface area (Å²) < 4.78 is 5.46. The minimum Gasteiger partial charge on any atom is -0.381 e. The molecule has 0 radical (unpaired) electrons. The Morgan fingerprint density at radius 3 is 2.38 bits per heavy atom. The van der Waals surface area contributed by atoms with Crippen LogP contribution in [0, 0.1) is 0 Å². The van der Waals surface area contributed by atoms with Gasteiger partial charge < -0.3 is 9.64 Å². The lowest BCUT2D eigenvalue weighted by atomic mass is 9.94. The van der Waals surface area contributed by atoms with E-state index in [1.165, 1.54) is 38.6 Å². The van der Waals surface area contributed by atoms with Crippen molar-refractivity contribution >= 4 is 5.91 Å². The van der Waals surface area contributed by atoms with Crippen LogP contribution in [-0.2, 0) is 9.53 Å². The van der Waals surface area contributed by atoms with E-state index < -0.39 is 0 Å². The molecule has 3 aliphatic rings. The van der Waals surface area contributed by atoms with Crippen molar-refractivity contribution in [2.75, 3.05) is 26.3 Å². The Hall–Kier alpha value is -0.610. The molecular formula is C17H30N2O2. The zero-order valence-corrected chi connectivity index (χ0v) is 13.4. The number of hydrogen-bond acceptors (Lipinski definition) is 3. The summed E-state index contributed by atoms with van der Waals surface area (Å²) in [7, 11) is 0. The second-order valence-corrected chi connectivity index (χ2v) is 7.00. The van der Waals surface area contributed by atoms with E-state index in [2.05, 4.69) is 9.80 Å². The predicted molar refractivity (Wildman–Crippen MR) is 83.2 cm³/mol. The zero-order valence-electron chi connectivity index (χ0n) is 13.4. The molecule has 3 fully saturated rings. The third-order valence-electron chi connectivity index (χ3n) is 5.63. The lowest BCUT2D eigenvalue weighted by molar-refractivity contribution is -0.135. The molecule has 1 atom stereocenters. The molecular weight excluding hydrogens is 264 g/mol. The Kier molecular flexibility index (Phi) is 5.17. The molecule has 3 rings (SSSR count). The molecule has 0 N–H and O–H groups in total. The summed E-state index contributed by atoms with van der Waals surface area (Å²) in [4.78, 5) is 17.0. The van der Waals surface area contributed by atoms with E-state index in [0.717, 1.165) is 45.1 Å². The first-order valence-corrected chi connectivity index (χ1v) is 8.86. The van der Waals surface area contributed by atoms with Gasteiger partial charge in [0, 0.05) is 51.4 Å². The van der Waals surface area contributed by atoms with Gasteiger partial charge in [0.05, 0.1) is 0 Å². The van der Waals surface area contributed by atoms with Crippen molar-refractivity contribution in [1.29, 1.82) is 0 Å². The quantitative estimate of drug-likeness (QED) is 0.801. The SMILES string of the molecule is CC(=O)N(C1CCOCC1)C1CCN(C2CCCCC2)C1. The van der Waals surface area contributed by atoms with Crippen LogP contribution in [0.1, 0.15) is 58.3 Å². The largest absolute Gasteiger partial charge is 0.381 e. The van der Waals surface area contributed by atoms with Crippen molar-refractivity contribution in [3.63, 3.8) is 0 Å². The van der Waals surface area contributed by atoms with E-state index in [4.69, 9.17) is 4.74 Å². The molecule has 0 spiro atoms. The first-order valence-electron chi connectivity index (χ1n) is 8.86. The Morgan fingerprint density at radius 1 is 1.00 bits per heavy atom. The second-order valence-electron chi connectivity index (χ2n) is 7.00. The molecule has 0 aromatic rings. The molecule has 1 saturated carbocycles. The molecule has 4 nitrogen and oxygen atoms in total. The van der Waals surface area contributed by atoms with E-state index in [1.54, 1.807) is 6.92 Å². The average Bonchev–Trinajstić information content (AvgIpc) is 2.98. The fraction of sp³-hybridized carbons (Fsp3) is 0.941. The van der Waals surface area contributed by atoms with E-state index in [-0.39, 0.29) is 5.91 Å².